The number of fused-ring (bicyclic) bond motifs is 1. The van der Waals surface area contributed by atoms with Gasteiger partial charge in [0.05, 0.1) is 14.2 Å². The van der Waals surface area contributed by atoms with Gasteiger partial charge in [-0.2, -0.15) is 0 Å². The Morgan fingerprint density at radius 1 is 1.06 bits per heavy atom. The first kappa shape index (κ1) is 26.4. The molecule has 0 bridgehead atoms. The largest absolute Gasteiger partial charge is 0.497 e. The van der Waals surface area contributed by atoms with E-state index in [-0.39, 0.29) is 12.5 Å². The summed E-state index contributed by atoms with van der Waals surface area (Å²) >= 11 is 0. The van der Waals surface area contributed by atoms with Crippen molar-refractivity contribution in [2.45, 2.75) is 57.0 Å². The monoisotopic (exact) mass is 471 g/mol. The zero-order valence-corrected chi connectivity index (χ0v) is 20.9. The third kappa shape index (κ3) is 7.67. The number of piperidine rings is 1. The van der Waals surface area contributed by atoms with Crippen molar-refractivity contribution in [1.82, 2.24) is 10.2 Å². The van der Waals surface area contributed by atoms with Crippen molar-refractivity contribution in [1.29, 1.82) is 0 Å². The molecule has 1 aliphatic carbocycles. The van der Waals surface area contributed by atoms with E-state index < -0.39 is 0 Å². The molecule has 1 saturated heterocycles. The molecule has 7 nitrogen and oxygen atoms in total. The number of carbonyl (C=O) groups excluding carboxylic acids is 1. The molecule has 7 heteroatoms. The van der Waals surface area contributed by atoms with E-state index in [0.29, 0.717) is 18.0 Å². The number of methoxy groups -OCH3 is 2. The van der Waals surface area contributed by atoms with Crippen molar-refractivity contribution in [3.63, 3.8) is 0 Å². The van der Waals surface area contributed by atoms with Gasteiger partial charge >= 0.3 is 0 Å². The van der Waals surface area contributed by atoms with Crippen LogP contribution in [0.1, 0.15) is 44.1 Å². The van der Waals surface area contributed by atoms with Crippen molar-refractivity contribution in [2.24, 2.45) is 11.8 Å². The van der Waals surface area contributed by atoms with Crippen molar-refractivity contribution in [3.05, 3.63) is 42.0 Å². The first-order valence-electron chi connectivity index (χ1n) is 12.4. The molecule has 4 rings (SSSR count). The Morgan fingerprint density at radius 2 is 1.82 bits per heavy atom. The van der Waals surface area contributed by atoms with Crippen molar-refractivity contribution >= 4 is 16.7 Å². The lowest BCUT2D eigenvalue weighted by Gasteiger charge is -2.42. The summed E-state index contributed by atoms with van der Waals surface area (Å²) in [5, 5.41) is 5.68. The Bertz CT molecular complexity index is 907. The molecule has 2 fully saturated rings. The van der Waals surface area contributed by atoms with E-state index in [1.165, 1.54) is 62.2 Å². The average molecular weight is 472 g/mol. The maximum Gasteiger partial charge on any atom is 0.246 e. The van der Waals surface area contributed by atoms with Crippen molar-refractivity contribution in [3.8, 4) is 5.75 Å². The first-order valence-corrected chi connectivity index (χ1v) is 12.4. The van der Waals surface area contributed by atoms with Crippen LogP contribution < -0.4 is 16.0 Å². The predicted octanol–water partition coefficient (Wildman–Crippen LogP) is 3.68. The number of hydrogen-bond donors (Lipinski definition) is 2. The molecule has 188 valence electrons. The SMILES string of the molecule is COCC(=O)NC1CCCC(N2CCCC(Cc3ccc4cc(OC)ccc4c3)C2)C1.CON. The summed E-state index contributed by atoms with van der Waals surface area (Å²) < 4.78 is 10.3. The summed E-state index contributed by atoms with van der Waals surface area (Å²) in [5.41, 5.74) is 1.43. The number of nitrogens with one attached hydrogen (secondary N) is 1. The minimum atomic E-state index is 0.0126. The highest BCUT2D eigenvalue weighted by Gasteiger charge is 2.30. The summed E-state index contributed by atoms with van der Waals surface area (Å²) in [7, 11) is 4.69. The van der Waals surface area contributed by atoms with Gasteiger partial charge in [0.1, 0.15) is 12.4 Å². The molecular formula is C27H41N3O4. The number of benzene rings is 2. The molecule has 2 aromatic carbocycles. The van der Waals surface area contributed by atoms with Gasteiger partial charge in [-0.15, -0.1) is 0 Å². The number of ether oxygens (including phenoxy) is 2. The van der Waals surface area contributed by atoms with Gasteiger partial charge in [-0.25, -0.2) is 5.90 Å². The van der Waals surface area contributed by atoms with E-state index >= 15 is 0 Å². The number of nitrogens with two attached hydrogens (primary N) is 1. The third-order valence-corrected chi connectivity index (χ3v) is 6.99. The number of amides is 1. The first-order chi connectivity index (χ1) is 16.6. The smallest absolute Gasteiger partial charge is 0.246 e. The third-order valence-electron chi connectivity index (χ3n) is 6.99. The van der Waals surface area contributed by atoms with E-state index in [0.717, 1.165) is 25.0 Å². The van der Waals surface area contributed by atoms with E-state index in [1.807, 2.05) is 6.07 Å². The molecule has 1 amide bonds. The lowest BCUT2D eigenvalue weighted by atomic mass is 9.85. The van der Waals surface area contributed by atoms with Gasteiger partial charge in [0.15, 0.2) is 0 Å². The highest BCUT2D eigenvalue weighted by atomic mass is 16.6. The summed E-state index contributed by atoms with van der Waals surface area (Å²) in [6, 6.07) is 14.0. The Balaban J connectivity index is 0.00000103. The summed E-state index contributed by atoms with van der Waals surface area (Å²) in [4.78, 5) is 18.4. The predicted molar refractivity (Wildman–Crippen MR) is 136 cm³/mol. The van der Waals surface area contributed by atoms with Crippen LogP contribution >= 0.6 is 0 Å². The van der Waals surface area contributed by atoms with Crippen LogP contribution in [0.4, 0.5) is 0 Å². The molecule has 0 spiro atoms. The quantitative estimate of drug-likeness (QED) is 0.599. The molecule has 3 N–H and O–H groups in total. The minimum absolute atomic E-state index is 0.0126. The second-order valence-electron chi connectivity index (χ2n) is 9.51. The van der Waals surface area contributed by atoms with Gasteiger partial charge in [-0.1, -0.05) is 24.3 Å². The summed E-state index contributed by atoms with van der Waals surface area (Å²) in [6.07, 6.45) is 8.31. The maximum atomic E-state index is 11.9. The number of rotatable bonds is 7. The van der Waals surface area contributed by atoms with E-state index in [9.17, 15) is 4.79 Å². The second-order valence-corrected chi connectivity index (χ2v) is 9.51. The molecule has 1 aliphatic heterocycles. The van der Waals surface area contributed by atoms with Crippen LogP contribution in [0.3, 0.4) is 0 Å². The lowest BCUT2D eigenvalue weighted by molar-refractivity contribution is -0.125. The highest BCUT2D eigenvalue weighted by Crippen LogP contribution is 2.30. The van der Waals surface area contributed by atoms with Gasteiger partial charge in [-0.3, -0.25) is 4.79 Å². The van der Waals surface area contributed by atoms with Gasteiger partial charge in [0.2, 0.25) is 5.91 Å². The Labute approximate surface area is 203 Å². The van der Waals surface area contributed by atoms with Gasteiger partial charge in [0, 0.05) is 25.7 Å². The molecule has 1 heterocycles. The number of carbonyl (C=O) groups is 1. The number of likely N-dealkylation sites (tertiary alicyclic amines) is 1. The molecule has 0 radical (unpaired) electrons. The molecule has 2 aliphatic rings. The zero-order valence-electron chi connectivity index (χ0n) is 20.9. The molecule has 0 aromatic heterocycles. The van der Waals surface area contributed by atoms with Gasteiger partial charge in [-0.05, 0) is 85.9 Å². The highest BCUT2D eigenvalue weighted by molar-refractivity contribution is 5.84. The van der Waals surface area contributed by atoms with Gasteiger partial charge in [0.25, 0.3) is 0 Å². The van der Waals surface area contributed by atoms with Gasteiger partial charge < -0.3 is 24.5 Å². The van der Waals surface area contributed by atoms with Crippen LogP contribution in [0.15, 0.2) is 36.4 Å². The second kappa shape index (κ2) is 13.6. The van der Waals surface area contributed by atoms with E-state index in [4.69, 9.17) is 9.47 Å². The Hall–Kier alpha value is -2.19. The molecule has 34 heavy (non-hydrogen) atoms. The molecular weight excluding hydrogens is 430 g/mol. The Kier molecular flexibility index (Phi) is 10.6. The normalized spacial score (nSPS) is 23.1. The average Bonchev–Trinajstić information content (AvgIpc) is 2.85. The molecule has 1 saturated carbocycles. The van der Waals surface area contributed by atoms with E-state index in [2.05, 4.69) is 51.3 Å². The minimum Gasteiger partial charge on any atom is -0.497 e. The van der Waals surface area contributed by atoms with Crippen molar-refractivity contribution in [2.75, 3.05) is 41.0 Å². The number of hydrogen-bond acceptors (Lipinski definition) is 6. The topological polar surface area (TPSA) is 86.0 Å². The Morgan fingerprint density at radius 3 is 2.59 bits per heavy atom. The van der Waals surface area contributed by atoms with Crippen LogP contribution in [0, 0.1) is 5.92 Å². The fraction of sp³-hybridized carbons (Fsp3) is 0.593. The molecule has 3 atom stereocenters. The molecule has 2 aromatic rings. The zero-order chi connectivity index (χ0) is 24.3. The van der Waals surface area contributed by atoms with Crippen LogP contribution in [-0.4, -0.2) is 63.9 Å². The number of nitrogens with zero attached hydrogens (tertiary/aromatic N) is 1. The van der Waals surface area contributed by atoms with E-state index in [1.54, 1.807) is 14.2 Å². The molecule has 3 unspecified atom stereocenters. The summed E-state index contributed by atoms with van der Waals surface area (Å²) in [5.74, 6) is 5.97. The van der Waals surface area contributed by atoms with Crippen LogP contribution in [0.2, 0.25) is 0 Å². The van der Waals surface area contributed by atoms with Crippen LogP contribution in [-0.2, 0) is 20.8 Å². The van der Waals surface area contributed by atoms with Crippen LogP contribution in [0.5, 0.6) is 5.75 Å². The standard InChI is InChI=1S/C26H36N2O3.CH5NO/c1-30-18-26(29)27-23-6-3-7-24(16-23)28-12-4-5-20(17-28)13-19-8-9-22-15-25(31-2)11-10-21(22)14-19;1-3-2/h8-11,14-15,20,23-24H,3-7,12-13,16-18H2,1-2H3,(H,27,29);2H2,1H3. The summed E-state index contributed by atoms with van der Waals surface area (Å²) in [6.45, 7) is 2.52. The van der Waals surface area contributed by atoms with Crippen LogP contribution in [0.25, 0.3) is 10.8 Å². The fourth-order valence-corrected chi connectivity index (χ4v) is 5.48. The fourth-order valence-electron chi connectivity index (χ4n) is 5.48. The maximum absolute atomic E-state index is 11.9. The lowest BCUT2D eigenvalue weighted by Crippen LogP contribution is -2.49. The van der Waals surface area contributed by atoms with Crippen molar-refractivity contribution < 1.29 is 19.1 Å².